The third-order valence-corrected chi connectivity index (χ3v) is 5.17. The van der Waals surface area contributed by atoms with Crippen molar-refractivity contribution in [2.45, 2.75) is 12.0 Å². The minimum absolute atomic E-state index is 0.0993. The molecule has 0 fully saturated rings. The van der Waals surface area contributed by atoms with E-state index < -0.39 is 30.6 Å². The summed E-state index contributed by atoms with van der Waals surface area (Å²) in [6.45, 7) is -0.361. The van der Waals surface area contributed by atoms with Gasteiger partial charge in [0.2, 0.25) is 0 Å². The molecule has 0 spiro atoms. The molecule has 0 heterocycles. The SMILES string of the molecule is CN(C)CC(NC(=O)OCC1c2ccccc2-c2ccccc21)C(=O)N(C)OCC(=O)O. The first-order chi connectivity index (χ1) is 15.3. The molecule has 1 aliphatic carbocycles. The zero-order valence-corrected chi connectivity index (χ0v) is 18.3. The first kappa shape index (κ1) is 23.2. The van der Waals surface area contributed by atoms with Gasteiger partial charge in [-0.05, 0) is 36.3 Å². The Kier molecular flexibility index (Phi) is 7.45. The highest BCUT2D eigenvalue weighted by atomic mass is 16.7. The maximum absolute atomic E-state index is 12.6. The molecule has 0 bridgehead atoms. The monoisotopic (exact) mass is 441 g/mol. The lowest BCUT2D eigenvalue weighted by atomic mass is 9.98. The van der Waals surface area contributed by atoms with Crippen LogP contribution in [-0.2, 0) is 19.2 Å². The second-order valence-electron chi connectivity index (χ2n) is 7.79. The Morgan fingerprint density at radius 2 is 1.56 bits per heavy atom. The first-order valence-corrected chi connectivity index (χ1v) is 10.2. The molecule has 2 N–H and O–H groups in total. The molecular formula is C23H27N3O6. The highest BCUT2D eigenvalue weighted by Crippen LogP contribution is 2.44. The minimum Gasteiger partial charge on any atom is -0.479 e. The van der Waals surface area contributed by atoms with E-state index in [1.165, 1.54) is 7.05 Å². The Hall–Kier alpha value is -3.43. The standard InChI is InChI=1S/C23H27N3O6/c1-25(2)12-20(22(29)26(3)32-14-21(27)28)24-23(30)31-13-19-17-10-6-4-8-15(17)16-9-5-7-11-18(16)19/h4-11,19-20H,12-14H2,1-3H3,(H,24,30)(H,27,28). The Bertz CT molecular complexity index is 948. The lowest BCUT2D eigenvalue weighted by Crippen LogP contribution is -2.52. The van der Waals surface area contributed by atoms with Crippen LogP contribution in [0.4, 0.5) is 4.79 Å². The molecule has 0 saturated carbocycles. The molecule has 1 aliphatic rings. The summed E-state index contributed by atoms with van der Waals surface area (Å²) in [6.07, 6.45) is -0.737. The zero-order valence-electron chi connectivity index (χ0n) is 18.3. The van der Waals surface area contributed by atoms with Crippen molar-refractivity contribution in [1.82, 2.24) is 15.3 Å². The van der Waals surface area contributed by atoms with Crippen LogP contribution in [0.25, 0.3) is 11.1 Å². The Morgan fingerprint density at radius 1 is 1.00 bits per heavy atom. The predicted octanol–water partition coefficient (Wildman–Crippen LogP) is 1.93. The van der Waals surface area contributed by atoms with E-state index in [-0.39, 0.29) is 19.1 Å². The van der Waals surface area contributed by atoms with Gasteiger partial charge in [0, 0.05) is 19.5 Å². The van der Waals surface area contributed by atoms with Gasteiger partial charge < -0.3 is 20.1 Å². The largest absolute Gasteiger partial charge is 0.479 e. The van der Waals surface area contributed by atoms with Gasteiger partial charge in [0.25, 0.3) is 5.91 Å². The number of hydrogen-bond donors (Lipinski definition) is 2. The lowest BCUT2D eigenvalue weighted by molar-refractivity contribution is -0.187. The molecule has 1 unspecified atom stereocenters. The van der Waals surface area contributed by atoms with Gasteiger partial charge in [-0.3, -0.25) is 9.63 Å². The van der Waals surface area contributed by atoms with Gasteiger partial charge in [-0.2, -0.15) is 0 Å². The molecule has 0 aromatic heterocycles. The minimum atomic E-state index is -1.21. The maximum atomic E-state index is 12.6. The van der Waals surface area contributed by atoms with E-state index in [4.69, 9.17) is 14.7 Å². The molecule has 2 aromatic rings. The Labute approximate surface area is 186 Å². The van der Waals surface area contributed by atoms with Crippen molar-refractivity contribution in [3.8, 4) is 11.1 Å². The highest BCUT2D eigenvalue weighted by Gasteiger charge is 2.30. The second kappa shape index (κ2) is 10.3. The van der Waals surface area contributed by atoms with Crippen molar-refractivity contribution >= 4 is 18.0 Å². The molecule has 2 amide bonds. The number of ether oxygens (including phenoxy) is 1. The number of aliphatic carboxylic acids is 1. The molecule has 9 heteroatoms. The number of fused-ring (bicyclic) bond motifs is 3. The molecule has 0 aliphatic heterocycles. The van der Waals surface area contributed by atoms with Crippen molar-refractivity contribution in [3.05, 3.63) is 59.7 Å². The molecule has 1 atom stereocenters. The van der Waals surface area contributed by atoms with Gasteiger partial charge in [-0.1, -0.05) is 48.5 Å². The van der Waals surface area contributed by atoms with Gasteiger partial charge in [-0.25, -0.2) is 14.7 Å². The molecular weight excluding hydrogens is 414 g/mol. The number of nitrogens with zero attached hydrogens (tertiary/aromatic N) is 2. The molecule has 2 aromatic carbocycles. The highest BCUT2D eigenvalue weighted by molar-refractivity contribution is 5.85. The van der Waals surface area contributed by atoms with Gasteiger partial charge in [-0.15, -0.1) is 0 Å². The molecule has 0 radical (unpaired) electrons. The molecule has 3 rings (SSSR count). The molecule has 32 heavy (non-hydrogen) atoms. The predicted molar refractivity (Wildman–Crippen MR) is 117 cm³/mol. The normalized spacial score (nSPS) is 13.2. The number of rotatable bonds is 9. The van der Waals surface area contributed by atoms with Crippen LogP contribution in [-0.4, -0.2) is 80.0 Å². The fourth-order valence-electron chi connectivity index (χ4n) is 3.77. The third kappa shape index (κ3) is 5.43. The van der Waals surface area contributed by atoms with E-state index in [0.717, 1.165) is 27.3 Å². The van der Waals surface area contributed by atoms with Crippen molar-refractivity contribution < 1.29 is 29.1 Å². The van der Waals surface area contributed by atoms with E-state index >= 15 is 0 Å². The van der Waals surface area contributed by atoms with Gasteiger partial charge in [0.05, 0.1) is 0 Å². The fourth-order valence-corrected chi connectivity index (χ4v) is 3.77. The summed E-state index contributed by atoms with van der Waals surface area (Å²) in [5, 5.41) is 12.1. The number of benzene rings is 2. The van der Waals surface area contributed by atoms with Gasteiger partial charge in [0.1, 0.15) is 12.6 Å². The van der Waals surface area contributed by atoms with Crippen molar-refractivity contribution in [2.24, 2.45) is 0 Å². The molecule has 0 saturated heterocycles. The van der Waals surface area contributed by atoms with E-state index in [0.29, 0.717) is 0 Å². The van der Waals surface area contributed by atoms with Gasteiger partial charge in [0.15, 0.2) is 6.61 Å². The smallest absolute Gasteiger partial charge is 0.407 e. The average Bonchev–Trinajstić information content (AvgIpc) is 3.08. The third-order valence-electron chi connectivity index (χ3n) is 5.17. The van der Waals surface area contributed by atoms with Crippen LogP contribution in [0.5, 0.6) is 0 Å². The van der Waals surface area contributed by atoms with Crippen LogP contribution in [0.1, 0.15) is 17.0 Å². The summed E-state index contributed by atoms with van der Waals surface area (Å²) in [5.41, 5.74) is 4.42. The quantitative estimate of drug-likeness (QED) is 0.573. The van der Waals surface area contributed by atoms with Gasteiger partial charge >= 0.3 is 12.1 Å². The molecule has 9 nitrogen and oxygen atoms in total. The fraction of sp³-hybridized carbons (Fsp3) is 0.348. The zero-order chi connectivity index (χ0) is 23.3. The second-order valence-corrected chi connectivity index (χ2v) is 7.79. The van der Waals surface area contributed by atoms with Crippen molar-refractivity contribution in [1.29, 1.82) is 0 Å². The van der Waals surface area contributed by atoms with Crippen LogP contribution in [0.15, 0.2) is 48.5 Å². The number of alkyl carbamates (subject to hydrolysis) is 1. The van der Waals surface area contributed by atoms with Crippen molar-refractivity contribution in [3.63, 3.8) is 0 Å². The molecule has 170 valence electrons. The van der Waals surface area contributed by atoms with E-state index in [1.54, 1.807) is 19.0 Å². The number of likely N-dealkylation sites (N-methyl/N-ethyl adjacent to an activating group) is 2. The van der Waals surface area contributed by atoms with Crippen LogP contribution >= 0.6 is 0 Å². The summed E-state index contributed by atoms with van der Waals surface area (Å²) in [6, 6.07) is 15.0. The average molecular weight is 441 g/mol. The Morgan fingerprint density at radius 3 is 2.09 bits per heavy atom. The number of amides is 2. The topological polar surface area (TPSA) is 108 Å². The summed E-state index contributed by atoms with van der Waals surface area (Å²) in [4.78, 5) is 42.5. The number of carboxylic acids is 1. The van der Waals surface area contributed by atoms with Crippen LogP contribution in [0, 0.1) is 0 Å². The van der Waals surface area contributed by atoms with Crippen LogP contribution in [0.2, 0.25) is 0 Å². The number of hydrogen-bond acceptors (Lipinski definition) is 6. The lowest BCUT2D eigenvalue weighted by Gasteiger charge is -2.25. The summed E-state index contributed by atoms with van der Waals surface area (Å²) < 4.78 is 5.51. The van der Waals surface area contributed by atoms with E-state index in [2.05, 4.69) is 5.32 Å². The van der Waals surface area contributed by atoms with E-state index in [1.807, 2.05) is 48.5 Å². The van der Waals surface area contributed by atoms with E-state index in [9.17, 15) is 14.4 Å². The first-order valence-electron chi connectivity index (χ1n) is 10.2. The number of carbonyl (C=O) groups is 3. The summed E-state index contributed by atoms with van der Waals surface area (Å²) >= 11 is 0. The maximum Gasteiger partial charge on any atom is 0.407 e. The van der Waals surface area contributed by atoms with Crippen molar-refractivity contribution in [2.75, 3.05) is 40.9 Å². The number of nitrogens with one attached hydrogen (secondary N) is 1. The van der Waals surface area contributed by atoms with Crippen LogP contribution < -0.4 is 5.32 Å². The number of hydroxylamine groups is 2. The number of carbonyl (C=O) groups excluding carboxylic acids is 2. The summed E-state index contributed by atoms with van der Waals surface area (Å²) in [5.74, 6) is -1.90. The van der Waals surface area contributed by atoms with Crippen LogP contribution in [0.3, 0.4) is 0 Å². The summed E-state index contributed by atoms with van der Waals surface area (Å²) in [7, 11) is 4.79. The Balaban J connectivity index is 1.65. The number of carboxylic acid groups (broad SMARTS) is 1.